The molecule has 1 N–H and O–H groups in total. The molecule has 4 aromatic rings. The Morgan fingerprint density at radius 2 is 2.00 bits per heavy atom. The number of carbonyl (C=O) groups excluding carboxylic acids is 1. The lowest BCUT2D eigenvalue weighted by molar-refractivity contribution is 0.0954. The maximum absolute atomic E-state index is 12.5. The summed E-state index contributed by atoms with van der Waals surface area (Å²) in [6, 6.07) is 12.7. The van der Waals surface area contributed by atoms with Crippen molar-refractivity contribution in [3.8, 4) is 11.4 Å². The Morgan fingerprint density at radius 3 is 2.69 bits per heavy atom. The van der Waals surface area contributed by atoms with Crippen molar-refractivity contribution in [1.82, 2.24) is 19.4 Å². The maximum atomic E-state index is 12.5. The average Bonchev–Trinajstić information content (AvgIpc) is 3.40. The van der Waals surface area contributed by atoms with Crippen molar-refractivity contribution >= 4 is 38.7 Å². The number of hydrogen-bond donors (Lipinski definition) is 1. The number of thiophene rings is 1. The van der Waals surface area contributed by atoms with Crippen LogP contribution in [0.3, 0.4) is 0 Å². The van der Waals surface area contributed by atoms with E-state index in [0.717, 1.165) is 6.26 Å². The number of halogens is 1. The van der Waals surface area contributed by atoms with Gasteiger partial charge in [0.25, 0.3) is 11.5 Å². The molecule has 8 nitrogen and oxygen atoms in total. The molecule has 0 saturated carbocycles. The summed E-state index contributed by atoms with van der Waals surface area (Å²) in [6.45, 7) is 0.160. The van der Waals surface area contributed by atoms with Crippen molar-refractivity contribution in [3.63, 3.8) is 0 Å². The number of benzene rings is 1. The molecule has 0 spiro atoms. The summed E-state index contributed by atoms with van der Waals surface area (Å²) in [5.74, 6) is -0.272. The van der Waals surface area contributed by atoms with Gasteiger partial charge in [-0.05, 0) is 36.4 Å². The third-order valence-electron chi connectivity index (χ3n) is 4.58. The van der Waals surface area contributed by atoms with Crippen LogP contribution in [0.25, 0.3) is 11.4 Å². The van der Waals surface area contributed by atoms with Gasteiger partial charge in [-0.25, -0.2) is 13.4 Å². The van der Waals surface area contributed by atoms with Gasteiger partial charge in [-0.3, -0.25) is 14.2 Å². The predicted octanol–water partition coefficient (Wildman–Crippen LogP) is 3.07. The average molecular weight is 489 g/mol. The first-order valence-corrected chi connectivity index (χ1v) is 12.4. The molecule has 0 bridgehead atoms. The number of pyridine rings is 1. The minimum atomic E-state index is -3.62. The Bertz CT molecular complexity index is 1470. The Labute approximate surface area is 192 Å². The van der Waals surface area contributed by atoms with Gasteiger partial charge in [-0.2, -0.15) is 0 Å². The quantitative estimate of drug-likeness (QED) is 0.449. The molecular formula is C21H17ClN4O4S2. The minimum Gasteiger partial charge on any atom is -0.346 e. The molecule has 11 heteroatoms. The summed E-state index contributed by atoms with van der Waals surface area (Å²) in [4.78, 5) is 29.1. The van der Waals surface area contributed by atoms with E-state index in [1.807, 2.05) is 0 Å². The molecule has 0 fully saturated rings. The second kappa shape index (κ2) is 8.73. The monoisotopic (exact) mass is 488 g/mol. The van der Waals surface area contributed by atoms with Crippen LogP contribution in [0.5, 0.6) is 0 Å². The van der Waals surface area contributed by atoms with Crippen molar-refractivity contribution in [3.05, 3.63) is 92.5 Å². The SMILES string of the molecule is CS(=O)(=O)c1cc(-n2ccccc2=O)ccc1-n1cnc(CNC(=O)c2ccc(Cl)s2)c1. The summed E-state index contributed by atoms with van der Waals surface area (Å²) in [7, 11) is -3.62. The fraction of sp³-hybridized carbons (Fsp3) is 0.0952. The summed E-state index contributed by atoms with van der Waals surface area (Å²) in [5.41, 5.74) is 1.09. The molecule has 0 aliphatic carbocycles. The predicted molar refractivity (Wildman–Crippen MR) is 123 cm³/mol. The Balaban J connectivity index is 1.62. The number of carbonyl (C=O) groups is 1. The highest BCUT2D eigenvalue weighted by atomic mass is 35.5. The lowest BCUT2D eigenvalue weighted by atomic mass is 10.2. The van der Waals surface area contributed by atoms with Crippen LogP contribution in [0.4, 0.5) is 0 Å². The third kappa shape index (κ3) is 4.67. The molecule has 164 valence electrons. The molecule has 3 heterocycles. The van der Waals surface area contributed by atoms with Gasteiger partial charge in [0, 0.05) is 24.7 Å². The van der Waals surface area contributed by atoms with Crippen LogP contribution in [-0.4, -0.2) is 34.7 Å². The van der Waals surface area contributed by atoms with Crippen molar-refractivity contribution < 1.29 is 13.2 Å². The zero-order chi connectivity index (χ0) is 22.9. The molecule has 1 amide bonds. The molecule has 1 aromatic carbocycles. The minimum absolute atomic E-state index is 0.0481. The van der Waals surface area contributed by atoms with Crippen molar-refractivity contribution in [2.24, 2.45) is 0 Å². The number of sulfone groups is 1. The summed E-state index contributed by atoms with van der Waals surface area (Å²) < 4.78 is 28.4. The fourth-order valence-electron chi connectivity index (χ4n) is 3.08. The highest BCUT2D eigenvalue weighted by Gasteiger charge is 2.17. The molecule has 32 heavy (non-hydrogen) atoms. The van der Waals surface area contributed by atoms with E-state index in [0.29, 0.717) is 26.3 Å². The number of hydrogen-bond acceptors (Lipinski definition) is 6. The number of imidazole rings is 1. The molecular weight excluding hydrogens is 472 g/mol. The van der Waals surface area contributed by atoms with Gasteiger partial charge in [0.1, 0.15) is 0 Å². The van der Waals surface area contributed by atoms with Crippen LogP contribution in [0.2, 0.25) is 4.34 Å². The maximum Gasteiger partial charge on any atom is 0.261 e. The number of nitrogens with zero attached hydrogens (tertiary/aromatic N) is 3. The van der Waals surface area contributed by atoms with Gasteiger partial charge >= 0.3 is 0 Å². The van der Waals surface area contributed by atoms with Gasteiger partial charge in [-0.1, -0.05) is 17.7 Å². The van der Waals surface area contributed by atoms with Crippen LogP contribution in [0.15, 0.2) is 76.9 Å². The van der Waals surface area contributed by atoms with Gasteiger partial charge in [0.15, 0.2) is 9.84 Å². The number of nitrogens with one attached hydrogen (secondary N) is 1. The molecule has 3 aromatic heterocycles. The molecule has 0 saturated heterocycles. The van der Waals surface area contributed by atoms with E-state index < -0.39 is 9.84 Å². The largest absolute Gasteiger partial charge is 0.346 e. The van der Waals surface area contributed by atoms with Gasteiger partial charge in [-0.15, -0.1) is 11.3 Å². The first kappa shape index (κ1) is 22.0. The van der Waals surface area contributed by atoms with E-state index in [1.165, 1.54) is 34.4 Å². The van der Waals surface area contributed by atoms with Gasteiger partial charge < -0.3 is 9.88 Å². The number of amides is 1. The molecule has 4 rings (SSSR count). The van der Waals surface area contributed by atoms with E-state index in [1.54, 1.807) is 53.4 Å². The first-order chi connectivity index (χ1) is 15.2. The Morgan fingerprint density at radius 1 is 1.19 bits per heavy atom. The topological polar surface area (TPSA) is 103 Å². The van der Waals surface area contributed by atoms with Crippen molar-refractivity contribution in [2.45, 2.75) is 11.4 Å². The van der Waals surface area contributed by atoms with E-state index in [9.17, 15) is 18.0 Å². The van der Waals surface area contributed by atoms with E-state index in [-0.39, 0.29) is 22.9 Å². The summed E-state index contributed by atoms with van der Waals surface area (Å²) in [6.07, 6.45) is 5.79. The van der Waals surface area contributed by atoms with Crippen LogP contribution in [0.1, 0.15) is 15.4 Å². The molecule has 0 aliphatic rings. The zero-order valence-corrected chi connectivity index (χ0v) is 19.1. The van der Waals surface area contributed by atoms with E-state index in [4.69, 9.17) is 11.6 Å². The summed E-state index contributed by atoms with van der Waals surface area (Å²) in [5, 5.41) is 2.76. The molecule has 0 unspecified atom stereocenters. The van der Waals surface area contributed by atoms with Crippen LogP contribution < -0.4 is 10.9 Å². The van der Waals surface area contributed by atoms with Crippen molar-refractivity contribution in [2.75, 3.05) is 6.26 Å². The van der Waals surface area contributed by atoms with Crippen LogP contribution in [0, 0.1) is 0 Å². The van der Waals surface area contributed by atoms with Gasteiger partial charge in [0.05, 0.1) is 44.0 Å². The number of rotatable bonds is 6. The van der Waals surface area contributed by atoms with Crippen LogP contribution in [-0.2, 0) is 16.4 Å². The van der Waals surface area contributed by atoms with E-state index in [2.05, 4.69) is 10.3 Å². The highest BCUT2D eigenvalue weighted by Crippen LogP contribution is 2.24. The fourth-order valence-corrected chi connectivity index (χ4v) is 4.93. The van der Waals surface area contributed by atoms with Crippen LogP contribution >= 0.6 is 22.9 Å². The van der Waals surface area contributed by atoms with Crippen molar-refractivity contribution in [1.29, 1.82) is 0 Å². The standard InChI is InChI=1S/C21H17ClN4O4S2/c1-32(29,30)18-10-15(26-9-3-2-4-20(26)27)5-6-16(18)25-12-14(24-13-25)11-23-21(28)17-7-8-19(22)31-17/h2-10,12-13H,11H2,1H3,(H,23,28). The van der Waals surface area contributed by atoms with Gasteiger partial charge in [0.2, 0.25) is 0 Å². The first-order valence-electron chi connectivity index (χ1n) is 9.31. The molecule has 0 aliphatic heterocycles. The third-order valence-corrected chi connectivity index (χ3v) is 6.94. The molecule has 0 atom stereocenters. The summed E-state index contributed by atoms with van der Waals surface area (Å²) >= 11 is 7.03. The lowest BCUT2D eigenvalue weighted by Crippen LogP contribution is -2.21. The van der Waals surface area contributed by atoms with E-state index >= 15 is 0 Å². The normalized spacial score (nSPS) is 11.4. The second-order valence-electron chi connectivity index (χ2n) is 6.89. The lowest BCUT2D eigenvalue weighted by Gasteiger charge is -2.12. The number of aromatic nitrogens is 3. The Hall–Kier alpha value is -3.21. The smallest absolute Gasteiger partial charge is 0.261 e. The second-order valence-corrected chi connectivity index (χ2v) is 10.6. The highest BCUT2D eigenvalue weighted by molar-refractivity contribution is 7.90. The molecule has 0 radical (unpaired) electrons. The zero-order valence-electron chi connectivity index (χ0n) is 16.7. The Kier molecular flexibility index (Phi) is 6.00.